The molecule has 2 aromatic carbocycles. The number of benzene rings is 2. The van der Waals surface area contributed by atoms with Crippen molar-refractivity contribution in [2.24, 2.45) is 0 Å². The van der Waals surface area contributed by atoms with Crippen molar-refractivity contribution in [1.82, 2.24) is 0 Å². The Morgan fingerprint density at radius 3 is 2.50 bits per heavy atom. The second kappa shape index (κ2) is 9.65. The summed E-state index contributed by atoms with van der Waals surface area (Å²) in [6.07, 6.45) is 1.32. The highest BCUT2D eigenvalue weighted by Gasteiger charge is 2.15. The Balaban J connectivity index is 2.28. The maximum atomic E-state index is 12.3. The molecule has 144 valence electrons. The number of ether oxygens (including phenoxy) is 2. The predicted molar refractivity (Wildman–Crippen MR) is 105 cm³/mol. The fourth-order valence-electron chi connectivity index (χ4n) is 2.14. The van der Waals surface area contributed by atoms with Crippen LogP contribution < -0.4 is 14.8 Å². The van der Waals surface area contributed by atoms with Gasteiger partial charge in [0.15, 0.2) is 18.1 Å². The Labute approximate surface area is 170 Å². The van der Waals surface area contributed by atoms with Crippen molar-refractivity contribution in [1.29, 1.82) is 5.26 Å². The number of carboxylic acids is 1. The molecule has 0 atom stereocenters. The largest absolute Gasteiger partial charge is 0.493 e. The number of rotatable bonds is 7. The van der Waals surface area contributed by atoms with E-state index in [9.17, 15) is 14.9 Å². The molecule has 0 radical (unpaired) electrons. The molecule has 28 heavy (non-hydrogen) atoms. The van der Waals surface area contributed by atoms with Gasteiger partial charge in [-0.3, -0.25) is 4.79 Å². The van der Waals surface area contributed by atoms with Crippen molar-refractivity contribution in [3.05, 3.63) is 57.6 Å². The summed E-state index contributed by atoms with van der Waals surface area (Å²) in [7, 11) is 1.35. The number of halogens is 2. The van der Waals surface area contributed by atoms with Crippen molar-refractivity contribution in [3.8, 4) is 17.6 Å². The third kappa shape index (κ3) is 5.64. The maximum Gasteiger partial charge on any atom is 0.341 e. The topological polar surface area (TPSA) is 109 Å². The summed E-state index contributed by atoms with van der Waals surface area (Å²) in [4.78, 5) is 23.0. The molecule has 0 spiro atoms. The summed E-state index contributed by atoms with van der Waals surface area (Å²) < 4.78 is 10.3. The van der Waals surface area contributed by atoms with Crippen molar-refractivity contribution in [3.63, 3.8) is 0 Å². The van der Waals surface area contributed by atoms with Gasteiger partial charge in [0, 0.05) is 10.7 Å². The van der Waals surface area contributed by atoms with E-state index in [4.69, 9.17) is 37.8 Å². The molecule has 0 aliphatic rings. The van der Waals surface area contributed by atoms with Crippen LogP contribution in [-0.4, -0.2) is 30.7 Å². The zero-order valence-corrected chi connectivity index (χ0v) is 16.0. The maximum absolute atomic E-state index is 12.3. The van der Waals surface area contributed by atoms with Crippen LogP contribution in [0.15, 0.2) is 42.0 Å². The van der Waals surface area contributed by atoms with Gasteiger partial charge in [0.25, 0.3) is 5.91 Å². The van der Waals surface area contributed by atoms with Gasteiger partial charge in [0.2, 0.25) is 0 Å². The highest BCUT2D eigenvalue weighted by atomic mass is 35.5. The van der Waals surface area contributed by atoms with E-state index in [0.29, 0.717) is 16.3 Å². The minimum Gasteiger partial charge on any atom is -0.493 e. The average Bonchev–Trinajstić information content (AvgIpc) is 2.66. The molecule has 1 amide bonds. The van der Waals surface area contributed by atoms with Gasteiger partial charge in [-0.25, -0.2) is 4.79 Å². The first-order valence-corrected chi connectivity index (χ1v) is 8.50. The zero-order chi connectivity index (χ0) is 20.7. The first-order valence-electron chi connectivity index (χ1n) is 7.75. The molecule has 0 aliphatic carbocycles. The van der Waals surface area contributed by atoms with E-state index in [2.05, 4.69) is 5.32 Å². The number of amides is 1. The van der Waals surface area contributed by atoms with E-state index < -0.39 is 18.5 Å². The monoisotopic (exact) mass is 420 g/mol. The van der Waals surface area contributed by atoms with E-state index in [1.807, 2.05) is 6.07 Å². The second-order valence-corrected chi connectivity index (χ2v) is 6.19. The van der Waals surface area contributed by atoms with E-state index in [-0.39, 0.29) is 22.1 Å². The predicted octanol–water partition coefficient (Wildman–Crippen LogP) is 4.01. The quantitative estimate of drug-likeness (QED) is 0.517. The number of carboxylic acid groups (broad SMARTS) is 1. The van der Waals surface area contributed by atoms with Crippen LogP contribution in [-0.2, 0) is 9.59 Å². The van der Waals surface area contributed by atoms with Gasteiger partial charge in [0.1, 0.15) is 11.6 Å². The van der Waals surface area contributed by atoms with Gasteiger partial charge >= 0.3 is 5.97 Å². The molecular formula is C19H14Cl2N2O5. The molecule has 0 unspecified atom stereocenters. The highest BCUT2D eigenvalue weighted by Crippen LogP contribution is 2.37. The number of hydrogen-bond donors (Lipinski definition) is 2. The number of methoxy groups -OCH3 is 1. The van der Waals surface area contributed by atoms with Gasteiger partial charge in [-0.1, -0.05) is 23.2 Å². The third-order valence-electron chi connectivity index (χ3n) is 3.37. The molecule has 0 bridgehead atoms. The second-order valence-electron chi connectivity index (χ2n) is 5.35. The number of aliphatic carboxylic acids is 1. The lowest BCUT2D eigenvalue weighted by Gasteiger charge is -2.12. The summed E-state index contributed by atoms with van der Waals surface area (Å²) in [6.45, 7) is -0.599. The molecule has 2 N–H and O–H groups in total. The number of carbonyl (C=O) groups excluding carboxylic acids is 1. The van der Waals surface area contributed by atoms with Crippen LogP contribution in [0.25, 0.3) is 6.08 Å². The molecule has 7 nitrogen and oxygen atoms in total. The number of nitriles is 1. The molecule has 9 heteroatoms. The summed E-state index contributed by atoms with van der Waals surface area (Å²) in [5.41, 5.74) is 0.697. The Morgan fingerprint density at radius 1 is 1.25 bits per heavy atom. The van der Waals surface area contributed by atoms with Crippen LogP contribution in [0.1, 0.15) is 5.56 Å². The van der Waals surface area contributed by atoms with Crippen molar-refractivity contribution >= 4 is 46.8 Å². The summed E-state index contributed by atoms with van der Waals surface area (Å²) >= 11 is 11.9. The minimum absolute atomic E-state index is 0.0489. The number of hydrogen-bond acceptors (Lipinski definition) is 5. The van der Waals surface area contributed by atoms with Crippen LogP contribution in [0.5, 0.6) is 11.5 Å². The summed E-state index contributed by atoms with van der Waals surface area (Å²) in [6, 6.07) is 11.1. The van der Waals surface area contributed by atoms with Gasteiger partial charge in [-0.05, 0) is 48.0 Å². The van der Waals surface area contributed by atoms with Crippen LogP contribution in [0.2, 0.25) is 10.0 Å². The van der Waals surface area contributed by atoms with Gasteiger partial charge in [-0.15, -0.1) is 0 Å². The van der Waals surface area contributed by atoms with E-state index in [1.165, 1.54) is 25.3 Å². The number of nitrogens with one attached hydrogen (secondary N) is 1. The molecular weight excluding hydrogens is 407 g/mol. The molecule has 0 aromatic heterocycles. The van der Waals surface area contributed by atoms with E-state index >= 15 is 0 Å². The Hall–Kier alpha value is -3.21. The molecule has 2 rings (SSSR count). The summed E-state index contributed by atoms with van der Waals surface area (Å²) in [5.74, 6) is -1.58. The SMILES string of the molecule is COc1cc(/C=C(/C#N)C(=O)Nc2ccc(Cl)cc2)cc(Cl)c1OCC(=O)O. The third-order valence-corrected chi connectivity index (χ3v) is 3.90. The first kappa shape index (κ1) is 21.1. The number of carbonyl (C=O) groups is 2. The molecule has 0 heterocycles. The normalized spacial score (nSPS) is 10.7. The van der Waals surface area contributed by atoms with Crippen molar-refractivity contribution in [2.75, 3.05) is 19.0 Å². The van der Waals surface area contributed by atoms with E-state index in [0.717, 1.165) is 0 Å². The smallest absolute Gasteiger partial charge is 0.341 e. The lowest BCUT2D eigenvalue weighted by Crippen LogP contribution is -2.13. The van der Waals surface area contributed by atoms with Crippen molar-refractivity contribution < 1.29 is 24.2 Å². The lowest BCUT2D eigenvalue weighted by molar-refractivity contribution is -0.139. The van der Waals surface area contributed by atoms with Gasteiger partial charge < -0.3 is 19.9 Å². The zero-order valence-electron chi connectivity index (χ0n) is 14.5. The molecule has 0 saturated heterocycles. The Kier molecular flexibility index (Phi) is 7.27. The van der Waals surface area contributed by atoms with Crippen LogP contribution in [0.4, 0.5) is 5.69 Å². The highest BCUT2D eigenvalue weighted by molar-refractivity contribution is 6.32. The van der Waals surface area contributed by atoms with E-state index in [1.54, 1.807) is 24.3 Å². The number of anilines is 1. The van der Waals surface area contributed by atoms with Crippen LogP contribution >= 0.6 is 23.2 Å². The Bertz CT molecular complexity index is 966. The molecule has 0 saturated carbocycles. The number of nitrogens with zero attached hydrogens (tertiary/aromatic N) is 1. The van der Waals surface area contributed by atoms with Crippen molar-refractivity contribution in [2.45, 2.75) is 0 Å². The molecule has 0 aliphatic heterocycles. The first-order chi connectivity index (χ1) is 13.3. The molecule has 2 aromatic rings. The fraction of sp³-hybridized carbons (Fsp3) is 0.105. The minimum atomic E-state index is -1.17. The summed E-state index contributed by atoms with van der Waals surface area (Å²) in [5, 5.41) is 21.2. The van der Waals surface area contributed by atoms with Crippen LogP contribution in [0.3, 0.4) is 0 Å². The standard InChI is InChI=1S/C19H14Cl2N2O5/c1-27-16-8-11(7-15(21)18(16)28-10-17(24)25)6-12(9-22)19(26)23-14-4-2-13(20)3-5-14/h2-8H,10H2,1H3,(H,23,26)(H,24,25)/b12-6-. The fourth-order valence-corrected chi connectivity index (χ4v) is 2.54. The lowest BCUT2D eigenvalue weighted by atomic mass is 10.1. The van der Waals surface area contributed by atoms with Gasteiger partial charge in [0.05, 0.1) is 12.1 Å². The Morgan fingerprint density at radius 2 is 1.93 bits per heavy atom. The van der Waals surface area contributed by atoms with Gasteiger partial charge in [-0.2, -0.15) is 5.26 Å². The van der Waals surface area contributed by atoms with Crippen LogP contribution in [0, 0.1) is 11.3 Å². The average molecular weight is 421 g/mol. The molecule has 0 fully saturated rings.